The highest BCUT2D eigenvalue weighted by Crippen LogP contribution is 2.37. The van der Waals surface area contributed by atoms with Gasteiger partial charge >= 0.3 is 0 Å². The van der Waals surface area contributed by atoms with Gasteiger partial charge in [-0.1, -0.05) is 31.2 Å². The van der Waals surface area contributed by atoms with E-state index in [1.54, 1.807) is 18.2 Å². The molecule has 0 aromatic heterocycles. The van der Waals surface area contributed by atoms with Crippen LogP contribution in [0.2, 0.25) is 0 Å². The summed E-state index contributed by atoms with van der Waals surface area (Å²) in [5.41, 5.74) is 2.17. The minimum absolute atomic E-state index is 0.0630. The maximum Gasteiger partial charge on any atom is 0.193 e. The Morgan fingerprint density at radius 2 is 1.87 bits per heavy atom. The van der Waals surface area contributed by atoms with Crippen molar-refractivity contribution in [3.63, 3.8) is 0 Å². The predicted octanol–water partition coefficient (Wildman–Crippen LogP) is 4.23. The number of hydrogen-bond donors (Lipinski definition) is 0. The molecule has 0 unspecified atom stereocenters. The minimum Gasteiger partial charge on any atom is -0.496 e. The molecule has 2 aliphatic rings. The number of allylic oxidation sites excluding steroid dienone is 3. The van der Waals surface area contributed by atoms with Gasteiger partial charge in [0.1, 0.15) is 11.5 Å². The minimum atomic E-state index is -0.867. The Bertz CT molecular complexity index is 918. The van der Waals surface area contributed by atoms with Gasteiger partial charge < -0.3 is 14.2 Å². The maximum absolute atomic E-state index is 13.3. The van der Waals surface area contributed by atoms with Gasteiger partial charge in [-0.2, -0.15) is 0 Å². The molecule has 1 fully saturated rings. The molecule has 0 amide bonds. The third-order valence-electron chi connectivity index (χ3n) is 5.58. The number of hydrogen-bond acceptors (Lipinski definition) is 6. The molecule has 0 radical (unpaired) electrons. The molecular weight excluding hydrogens is 384 g/mol. The highest BCUT2D eigenvalue weighted by molar-refractivity contribution is 6.28. The molecule has 0 spiro atoms. The zero-order chi connectivity index (χ0) is 21.9. The number of carbonyl (C=O) groups excluding carboxylic acids is 3. The van der Waals surface area contributed by atoms with E-state index in [9.17, 15) is 14.4 Å². The van der Waals surface area contributed by atoms with Gasteiger partial charge in [-0.05, 0) is 32.3 Å². The largest absolute Gasteiger partial charge is 0.496 e. The van der Waals surface area contributed by atoms with E-state index in [2.05, 4.69) is 6.58 Å². The first kappa shape index (κ1) is 22.1. The van der Waals surface area contributed by atoms with Gasteiger partial charge in [0.15, 0.2) is 17.4 Å². The second kappa shape index (κ2) is 9.06. The van der Waals surface area contributed by atoms with E-state index in [0.717, 1.165) is 5.57 Å². The van der Waals surface area contributed by atoms with Gasteiger partial charge in [-0.15, -0.1) is 0 Å². The summed E-state index contributed by atoms with van der Waals surface area (Å²) in [5, 5.41) is 0. The summed E-state index contributed by atoms with van der Waals surface area (Å²) in [6.07, 6.45) is 1.32. The van der Waals surface area contributed by atoms with Crippen molar-refractivity contribution in [3.8, 4) is 5.75 Å². The van der Waals surface area contributed by atoms with Crippen LogP contribution in [-0.2, 0) is 14.3 Å². The van der Waals surface area contributed by atoms with Crippen LogP contribution in [0.5, 0.6) is 5.75 Å². The number of ether oxygens (including phenoxy) is 3. The summed E-state index contributed by atoms with van der Waals surface area (Å²) in [6.45, 7) is 8.57. The van der Waals surface area contributed by atoms with Crippen LogP contribution in [0.4, 0.5) is 0 Å². The van der Waals surface area contributed by atoms with Crippen molar-refractivity contribution >= 4 is 17.3 Å². The highest BCUT2D eigenvalue weighted by atomic mass is 16.7. The summed E-state index contributed by atoms with van der Waals surface area (Å²) < 4.78 is 16.6. The second-order valence-electron chi connectivity index (χ2n) is 7.81. The summed E-state index contributed by atoms with van der Waals surface area (Å²) >= 11 is 0. The van der Waals surface area contributed by atoms with Crippen molar-refractivity contribution in [2.45, 2.75) is 51.7 Å². The van der Waals surface area contributed by atoms with Crippen molar-refractivity contribution in [1.29, 1.82) is 0 Å². The molecule has 0 N–H and O–H groups in total. The zero-order valence-corrected chi connectivity index (χ0v) is 17.8. The molecule has 30 heavy (non-hydrogen) atoms. The van der Waals surface area contributed by atoms with E-state index in [0.29, 0.717) is 48.5 Å². The molecule has 6 heteroatoms. The monoisotopic (exact) mass is 412 g/mol. The molecule has 3 rings (SSSR count). The Hall–Kier alpha value is -2.57. The molecule has 1 aliphatic carbocycles. The number of Topliss-reactive ketones (excluding diaryl/α,β-unsaturated/α-hetero) is 3. The number of fused-ring (bicyclic) bond motifs is 1. The first-order valence-electron chi connectivity index (χ1n) is 10.2. The highest BCUT2D eigenvalue weighted by Gasteiger charge is 2.38. The van der Waals surface area contributed by atoms with E-state index in [1.807, 2.05) is 13.8 Å². The lowest BCUT2D eigenvalue weighted by Crippen LogP contribution is -2.32. The summed E-state index contributed by atoms with van der Waals surface area (Å²) in [7, 11) is 1.47. The lowest BCUT2D eigenvalue weighted by atomic mass is 9.79. The summed E-state index contributed by atoms with van der Waals surface area (Å²) in [4.78, 5) is 39.2. The standard InChI is InChI=1S/C24H28O6/c1-5-24(29-11-12-30-24)14-16(25)9-10-17-19(13-15(2)3)22(26)18-7-6-8-20(28-4)21(18)23(17)27/h6-8H,2,5,9-14H2,1,3-4H3. The third kappa shape index (κ3) is 4.30. The Labute approximate surface area is 176 Å². The van der Waals surface area contributed by atoms with Crippen molar-refractivity contribution in [2.75, 3.05) is 20.3 Å². The zero-order valence-electron chi connectivity index (χ0n) is 17.8. The molecule has 6 nitrogen and oxygen atoms in total. The Morgan fingerprint density at radius 1 is 1.17 bits per heavy atom. The van der Waals surface area contributed by atoms with Crippen molar-refractivity contribution in [2.24, 2.45) is 0 Å². The Kier molecular flexibility index (Phi) is 6.68. The molecule has 0 bridgehead atoms. The molecule has 160 valence electrons. The number of benzene rings is 1. The number of ketones is 3. The average Bonchev–Trinajstić information content (AvgIpc) is 3.19. The fourth-order valence-corrected chi connectivity index (χ4v) is 4.05. The molecule has 1 heterocycles. The average molecular weight is 412 g/mol. The molecule has 1 aliphatic heterocycles. The van der Waals surface area contributed by atoms with Gasteiger partial charge in [0.25, 0.3) is 0 Å². The van der Waals surface area contributed by atoms with Gasteiger partial charge in [0.2, 0.25) is 0 Å². The van der Waals surface area contributed by atoms with E-state index >= 15 is 0 Å². The van der Waals surface area contributed by atoms with E-state index in [-0.39, 0.29) is 42.2 Å². The first-order valence-corrected chi connectivity index (χ1v) is 10.2. The molecule has 1 aromatic rings. The predicted molar refractivity (Wildman–Crippen MR) is 112 cm³/mol. The number of carbonyl (C=O) groups is 3. The maximum atomic E-state index is 13.3. The SMILES string of the molecule is C=C(C)CC1=C(CCC(=O)CC2(CC)OCCO2)C(=O)c2c(OC)cccc2C1=O. The first-order chi connectivity index (χ1) is 14.3. The number of rotatable bonds is 9. The third-order valence-corrected chi connectivity index (χ3v) is 5.58. The van der Waals surface area contributed by atoms with E-state index in [1.165, 1.54) is 7.11 Å². The van der Waals surface area contributed by atoms with Crippen LogP contribution in [0, 0.1) is 0 Å². The van der Waals surface area contributed by atoms with Crippen LogP contribution in [-0.4, -0.2) is 43.5 Å². The number of methoxy groups -OCH3 is 1. The van der Waals surface area contributed by atoms with Crippen LogP contribution in [0.3, 0.4) is 0 Å². The normalized spacial score (nSPS) is 17.8. The van der Waals surface area contributed by atoms with Crippen molar-refractivity contribution in [3.05, 3.63) is 52.6 Å². The Morgan fingerprint density at radius 3 is 2.47 bits per heavy atom. The molecule has 0 saturated carbocycles. The van der Waals surface area contributed by atoms with Crippen LogP contribution >= 0.6 is 0 Å². The summed E-state index contributed by atoms with van der Waals surface area (Å²) in [5.74, 6) is -1.03. The van der Waals surface area contributed by atoms with Crippen molar-refractivity contribution in [1.82, 2.24) is 0 Å². The smallest absolute Gasteiger partial charge is 0.193 e. The van der Waals surface area contributed by atoms with Crippen LogP contribution < -0.4 is 4.74 Å². The molecule has 1 saturated heterocycles. The fourth-order valence-electron chi connectivity index (χ4n) is 4.05. The van der Waals surface area contributed by atoms with Crippen LogP contribution in [0.25, 0.3) is 0 Å². The lowest BCUT2D eigenvalue weighted by molar-refractivity contribution is -0.170. The fraction of sp³-hybridized carbons (Fsp3) is 0.458. The second-order valence-corrected chi connectivity index (χ2v) is 7.81. The van der Waals surface area contributed by atoms with Crippen LogP contribution in [0.15, 0.2) is 41.5 Å². The van der Waals surface area contributed by atoms with Gasteiger partial charge in [-0.3, -0.25) is 14.4 Å². The molecule has 0 atom stereocenters. The van der Waals surface area contributed by atoms with Crippen molar-refractivity contribution < 1.29 is 28.6 Å². The lowest BCUT2D eigenvalue weighted by Gasteiger charge is -2.25. The van der Waals surface area contributed by atoms with Crippen LogP contribution in [0.1, 0.15) is 66.7 Å². The topological polar surface area (TPSA) is 78.9 Å². The summed E-state index contributed by atoms with van der Waals surface area (Å²) in [6, 6.07) is 5.00. The van der Waals surface area contributed by atoms with Gasteiger partial charge in [-0.25, -0.2) is 0 Å². The van der Waals surface area contributed by atoms with Gasteiger partial charge in [0, 0.05) is 23.1 Å². The van der Waals surface area contributed by atoms with E-state index < -0.39 is 5.79 Å². The Balaban J connectivity index is 1.87. The van der Waals surface area contributed by atoms with Gasteiger partial charge in [0.05, 0.1) is 32.3 Å². The molecular formula is C24H28O6. The molecule has 1 aromatic carbocycles. The quantitative estimate of drug-likeness (QED) is 0.565. The van der Waals surface area contributed by atoms with E-state index in [4.69, 9.17) is 14.2 Å².